The number of carbonyl (C=O) groups is 2. The van der Waals surface area contributed by atoms with Crippen molar-refractivity contribution in [1.82, 2.24) is 4.98 Å². The summed E-state index contributed by atoms with van der Waals surface area (Å²) >= 11 is 0. The Balaban J connectivity index is 1.97. The molecule has 19 heavy (non-hydrogen) atoms. The molecule has 2 rings (SSSR count). The second kappa shape index (κ2) is 5.81. The topological polar surface area (TPSA) is 92.4 Å². The highest BCUT2D eigenvalue weighted by Crippen LogP contribution is 2.14. The van der Waals surface area contributed by atoms with Crippen LogP contribution in [0.1, 0.15) is 22.5 Å². The van der Waals surface area contributed by atoms with Crippen LogP contribution in [0.3, 0.4) is 0 Å². The fraction of sp³-hybridized carbons (Fsp3) is 0.154. The maximum Gasteiger partial charge on any atom is 0.337 e. The number of pyridine rings is 1. The summed E-state index contributed by atoms with van der Waals surface area (Å²) in [7, 11) is 0. The number of hydrogen-bond acceptors (Lipinski definition) is 4. The number of rotatable bonds is 5. The lowest BCUT2D eigenvalue weighted by Crippen LogP contribution is -2.15. The summed E-state index contributed by atoms with van der Waals surface area (Å²) in [5.74, 6) is -0.685. The molecule has 0 aromatic carbocycles. The Hall–Kier alpha value is -2.63. The van der Waals surface area contributed by atoms with Crippen LogP contribution < -0.4 is 5.32 Å². The Morgan fingerprint density at radius 3 is 2.89 bits per heavy atom. The first kappa shape index (κ1) is 12.8. The molecule has 0 unspecified atom stereocenters. The van der Waals surface area contributed by atoms with Crippen molar-refractivity contribution >= 4 is 17.6 Å². The number of carboxylic acid groups (broad SMARTS) is 1. The molecule has 2 aromatic rings. The third-order valence-corrected chi connectivity index (χ3v) is 2.50. The molecule has 0 radical (unpaired) electrons. The molecule has 6 heteroatoms. The van der Waals surface area contributed by atoms with E-state index in [0.717, 1.165) is 0 Å². The van der Waals surface area contributed by atoms with E-state index < -0.39 is 5.97 Å². The zero-order valence-electron chi connectivity index (χ0n) is 10.00. The molecule has 98 valence electrons. The lowest BCUT2D eigenvalue weighted by molar-refractivity contribution is -0.116. The molecule has 0 bridgehead atoms. The molecular weight excluding hydrogens is 248 g/mol. The first-order chi connectivity index (χ1) is 9.16. The lowest BCUT2D eigenvalue weighted by Gasteiger charge is -2.06. The highest BCUT2D eigenvalue weighted by Gasteiger charge is 2.12. The highest BCUT2D eigenvalue weighted by atomic mass is 16.4. The number of nitrogens with zero attached hydrogens (tertiary/aromatic N) is 1. The van der Waals surface area contributed by atoms with Gasteiger partial charge in [0.1, 0.15) is 5.76 Å². The maximum absolute atomic E-state index is 11.7. The van der Waals surface area contributed by atoms with Crippen LogP contribution >= 0.6 is 0 Å². The minimum absolute atomic E-state index is 0.0151. The Morgan fingerprint density at radius 2 is 2.21 bits per heavy atom. The van der Waals surface area contributed by atoms with Gasteiger partial charge in [0.15, 0.2) is 0 Å². The molecule has 2 heterocycles. The van der Waals surface area contributed by atoms with E-state index in [0.29, 0.717) is 12.2 Å². The number of anilines is 1. The van der Waals surface area contributed by atoms with Crippen LogP contribution in [0.4, 0.5) is 5.69 Å². The molecule has 6 nitrogen and oxygen atoms in total. The summed E-state index contributed by atoms with van der Waals surface area (Å²) < 4.78 is 5.11. The van der Waals surface area contributed by atoms with E-state index in [1.807, 2.05) is 0 Å². The van der Waals surface area contributed by atoms with Gasteiger partial charge in [-0.1, -0.05) is 0 Å². The Labute approximate surface area is 109 Å². The lowest BCUT2D eigenvalue weighted by atomic mass is 10.2. The molecule has 2 aromatic heterocycles. The van der Waals surface area contributed by atoms with E-state index in [1.54, 1.807) is 12.1 Å². The van der Waals surface area contributed by atoms with Gasteiger partial charge >= 0.3 is 5.97 Å². The van der Waals surface area contributed by atoms with Gasteiger partial charge in [0, 0.05) is 19.0 Å². The van der Waals surface area contributed by atoms with Gasteiger partial charge in [-0.25, -0.2) is 4.79 Å². The summed E-state index contributed by atoms with van der Waals surface area (Å²) in [6.07, 6.45) is 4.88. The Bertz CT molecular complexity index is 578. The van der Waals surface area contributed by atoms with E-state index in [4.69, 9.17) is 9.52 Å². The molecule has 0 aliphatic carbocycles. The fourth-order valence-corrected chi connectivity index (χ4v) is 1.58. The average molecular weight is 260 g/mol. The molecule has 0 saturated carbocycles. The molecule has 1 amide bonds. The van der Waals surface area contributed by atoms with E-state index in [2.05, 4.69) is 10.3 Å². The zero-order valence-corrected chi connectivity index (χ0v) is 10.00. The molecule has 0 aliphatic rings. The van der Waals surface area contributed by atoms with E-state index in [1.165, 1.54) is 24.7 Å². The van der Waals surface area contributed by atoms with Crippen molar-refractivity contribution in [3.8, 4) is 0 Å². The van der Waals surface area contributed by atoms with Crippen molar-refractivity contribution in [2.45, 2.75) is 12.8 Å². The van der Waals surface area contributed by atoms with E-state index >= 15 is 0 Å². The van der Waals surface area contributed by atoms with Gasteiger partial charge in [0.05, 0.1) is 23.7 Å². The minimum atomic E-state index is -1.11. The van der Waals surface area contributed by atoms with Gasteiger partial charge < -0.3 is 14.8 Å². The zero-order chi connectivity index (χ0) is 13.7. The molecule has 0 saturated heterocycles. The second-order valence-corrected chi connectivity index (χ2v) is 3.85. The van der Waals surface area contributed by atoms with E-state index in [-0.39, 0.29) is 23.6 Å². The number of carbonyl (C=O) groups excluding carboxylic acids is 1. The third kappa shape index (κ3) is 3.41. The van der Waals surface area contributed by atoms with E-state index in [9.17, 15) is 9.59 Å². The molecule has 0 spiro atoms. The summed E-state index contributed by atoms with van der Waals surface area (Å²) in [6, 6.07) is 4.86. The largest absolute Gasteiger partial charge is 0.478 e. The number of furan rings is 1. The standard InChI is InChI=1S/C13H12N2O4/c16-12(4-3-9-2-1-7-19-9)15-11-8-14-6-5-10(11)13(17)18/h1-2,5-8H,3-4H2,(H,15,16)(H,17,18). The van der Waals surface area contributed by atoms with Gasteiger partial charge in [-0.15, -0.1) is 0 Å². The summed E-state index contributed by atoms with van der Waals surface area (Å²) in [5.41, 5.74) is 0.209. The van der Waals surface area contributed by atoms with Crippen LogP contribution in [0.2, 0.25) is 0 Å². The Morgan fingerprint density at radius 1 is 1.37 bits per heavy atom. The predicted molar refractivity (Wildman–Crippen MR) is 66.9 cm³/mol. The van der Waals surface area contributed by atoms with Gasteiger partial charge in [-0.05, 0) is 18.2 Å². The number of hydrogen-bond donors (Lipinski definition) is 2. The fourth-order valence-electron chi connectivity index (χ4n) is 1.58. The number of aromatic carboxylic acids is 1. The smallest absolute Gasteiger partial charge is 0.337 e. The molecular formula is C13H12N2O4. The molecule has 0 aliphatic heterocycles. The summed E-state index contributed by atoms with van der Waals surface area (Å²) in [6.45, 7) is 0. The highest BCUT2D eigenvalue weighted by molar-refractivity contribution is 6.00. The molecule has 0 atom stereocenters. The normalized spacial score (nSPS) is 10.1. The van der Waals surface area contributed by atoms with Gasteiger partial charge in [-0.3, -0.25) is 9.78 Å². The number of aromatic nitrogens is 1. The minimum Gasteiger partial charge on any atom is -0.478 e. The van der Waals surface area contributed by atoms with Crippen molar-refractivity contribution in [2.24, 2.45) is 0 Å². The van der Waals surface area contributed by atoms with Gasteiger partial charge in [0.25, 0.3) is 0 Å². The van der Waals surface area contributed by atoms with Crippen LogP contribution in [0.15, 0.2) is 41.3 Å². The van der Waals surface area contributed by atoms with Gasteiger partial charge in [0.2, 0.25) is 5.91 Å². The van der Waals surface area contributed by atoms with Crippen molar-refractivity contribution < 1.29 is 19.1 Å². The predicted octanol–water partition coefficient (Wildman–Crippen LogP) is 1.94. The quantitative estimate of drug-likeness (QED) is 0.857. The van der Waals surface area contributed by atoms with Crippen molar-refractivity contribution in [1.29, 1.82) is 0 Å². The van der Waals surface area contributed by atoms with Crippen molar-refractivity contribution in [2.75, 3.05) is 5.32 Å². The second-order valence-electron chi connectivity index (χ2n) is 3.85. The summed E-state index contributed by atoms with van der Waals surface area (Å²) in [5, 5.41) is 11.5. The van der Waals surface area contributed by atoms with Crippen LogP contribution in [0.25, 0.3) is 0 Å². The average Bonchev–Trinajstić information content (AvgIpc) is 2.90. The van der Waals surface area contributed by atoms with Crippen LogP contribution in [0.5, 0.6) is 0 Å². The van der Waals surface area contributed by atoms with Crippen LogP contribution in [-0.2, 0) is 11.2 Å². The number of nitrogens with one attached hydrogen (secondary N) is 1. The van der Waals surface area contributed by atoms with Crippen molar-refractivity contribution in [3.05, 3.63) is 48.2 Å². The summed E-state index contributed by atoms with van der Waals surface area (Å²) in [4.78, 5) is 26.5. The molecule has 0 fully saturated rings. The Kier molecular flexibility index (Phi) is 3.92. The van der Waals surface area contributed by atoms with Crippen LogP contribution in [-0.4, -0.2) is 22.0 Å². The van der Waals surface area contributed by atoms with Gasteiger partial charge in [-0.2, -0.15) is 0 Å². The maximum atomic E-state index is 11.7. The first-order valence-corrected chi connectivity index (χ1v) is 5.66. The number of carboxylic acids is 1. The SMILES string of the molecule is O=C(CCc1ccco1)Nc1cnccc1C(=O)O. The number of aryl methyl sites for hydroxylation is 1. The monoisotopic (exact) mass is 260 g/mol. The van der Waals surface area contributed by atoms with Crippen molar-refractivity contribution in [3.63, 3.8) is 0 Å². The third-order valence-electron chi connectivity index (χ3n) is 2.50. The first-order valence-electron chi connectivity index (χ1n) is 5.66. The number of amides is 1. The van der Waals surface area contributed by atoms with Crippen LogP contribution in [0, 0.1) is 0 Å². The molecule has 2 N–H and O–H groups in total.